The number of aromatic amines is 1. The van der Waals surface area contributed by atoms with E-state index in [0.29, 0.717) is 0 Å². The molecule has 1 rings (SSSR count). The zero-order chi connectivity index (χ0) is 10.4. The highest BCUT2D eigenvalue weighted by Crippen LogP contribution is 1.88. The number of hydrazine groups is 1. The van der Waals surface area contributed by atoms with Gasteiger partial charge in [0.1, 0.15) is 0 Å². The van der Waals surface area contributed by atoms with Crippen LogP contribution in [-0.4, -0.2) is 22.2 Å². The van der Waals surface area contributed by atoms with Crippen LogP contribution in [0.25, 0.3) is 0 Å². The monoisotopic (exact) mass is 196 g/mol. The molecule has 8 heteroatoms. The Bertz CT molecular complexity index is 354. The third-order valence-electron chi connectivity index (χ3n) is 1.19. The molecule has 0 bridgehead atoms. The van der Waals surface area contributed by atoms with Gasteiger partial charge in [0.15, 0.2) is 5.03 Å². The minimum absolute atomic E-state index is 0.377. The maximum atomic E-state index is 9.88. The van der Waals surface area contributed by atoms with Gasteiger partial charge < -0.3 is 10.7 Å². The molecule has 1 heterocycles. The summed E-state index contributed by atoms with van der Waals surface area (Å²) in [5.41, 5.74) is 7.46. The zero-order valence-electron chi connectivity index (χ0n) is 7.04. The van der Waals surface area contributed by atoms with Crippen molar-refractivity contribution < 1.29 is 5.03 Å². The molecule has 0 radical (unpaired) electrons. The third-order valence-corrected chi connectivity index (χ3v) is 1.19. The van der Waals surface area contributed by atoms with Gasteiger partial charge in [-0.3, -0.25) is 0 Å². The molecule has 0 saturated heterocycles. The number of hydrogen-bond donors (Lipinski definition) is 3. The summed E-state index contributed by atoms with van der Waals surface area (Å²) < 4.78 is 0. The van der Waals surface area contributed by atoms with Crippen LogP contribution in [0.2, 0.25) is 0 Å². The first-order chi connectivity index (χ1) is 6.68. The van der Waals surface area contributed by atoms with E-state index in [-0.39, 0.29) is 5.96 Å². The Morgan fingerprint density at radius 1 is 1.79 bits per heavy atom. The van der Waals surface area contributed by atoms with Crippen molar-refractivity contribution in [3.05, 3.63) is 34.1 Å². The van der Waals surface area contributed by atoms with Crippen molar-refractivity contribution in [3.8, 4) is 0 Å². The fourth-order valence-corrected chi connectivity index (χ4v) is 0.694. The zero-order valence-corrected chi connectivity index (χ0v) is 7.04. The molecular formula is C6H8N6O2. The fourth-order valence-electron chi connectivity index (χ4n) is 0.694. The first-order valence-corrected chi connectivity index (χ1v) is 3.59. The maximum Gasteiger partial charge on any atom is 0.275 e. The summed E-state index contributed by atoms with van der Waals surface area (Å²) in [7, 11) is 0. The predicted octanol–water partition coefficient (Wildman–Crippen LogP) is -0.555. The van der Waals surface area contributed by atoms with Crippen LogP contribution in [0.1, 0.15) is 5.69 Å². The number of rotatable bonds is 3. The molecule has 14 heavy (non-hydrogen) atoms. The normalized spacial score (nSPS) is 11.9. The number of nitrogens with zero attached hydrogens (tertiary/aromatic N) is 3. The van der Waals surface area contributed by atoms with Gasteiger partial charge in [0.05, 0.1) is 11.9 Å². The highest BCUT2D eigenvalue weighted by Gasteiger charge is 1.96. The van der Waals surface area contributed by atoms with Crippen molar-refractivity contribution in [2.75, 3.05) is 0 Å². The topological polar surface area (TPSA) is 122 Å². The lowest BCUT2D eigenvalue weighted by Crippen LogP contribution is -2.35. The quantitative estimate of drug-likeness (QED) is 0.259. The van der Waals surface area contributed by atoms with Crippen molar-refractivity contribution in [3.63, 3.8) is 0 Å². The Hall–Kier alpha value is -2.38. The molecule has 0 spiro atoms. The summed E-state index contributed by atoms with van der Waals surface area (Å²) in [4.78, 5) is 12.7. The largest absolute Gasteiger partial charge is 0.364 e. The summed E-state index contributed by atoms with van der Waals surface area (Å²) in [5, 5.41) is 15.9. The molecule has 1 aromatic rings. The van der Waals surface area contributed by atoms with Gasteiger partial charge in [0, 0.05) is 6.20 Å². The number of nitrogens with two attached hydrogens (primary N) is 1. The van der Waals surface area contributed by atoms with Gasteiger partial charge in [-0.25, -0.2) is 10.1 Å². The minimum atomic E-state index is -0.816. The van der Waals surface area contributed by atoms with Crippen LogP contribution >= 0.6 is 0 Å². The lowest BCUT2D eigenvalue weighted by molar-refractivity contribution is -0.525. The molecular weight excluding hydrogens is 188 g/mol. The summed E-state index contributed by atoms with van der Waals surface area (Å²) in [6.07, 6.45) is 3.10. The molecule has 0 amide bonds. The smallest absolute Gasteiger partial charge is 0.275 e. The van der Waals surface area contributed by atoms with E-state index in [2.05, 4.69) is 15.2 Å². The van der Waals surface area contributed by atoms with Gasteiger partial charge in [0.2, 0.25) is 0 Å². The molecule has 74 valence electrons. The van der Waals surface area contributed by atoms with E-state index >= 15 is 0 Å². The van der Waals surface area contributed by atoms with Crippen LogP contribution in [0.5, 0.6) is 0 Å². The minimum Gasteiger partial charge on any atom is -0.364 e. The summed E-state index contributed by atoms with van der Waals surface area (Å²) >= 11 is 0. The Morgan fingerprint density at radius 2 is 2.57 bits per heavy atom. The van der Waals surface area contributed by atoms with E-state index in [9.17, 15) is 10.1 Å². The molecule has 0 aliphatic rings. The van der Waals surface area contributed by atoms with Gasteiger partial charge in [-0.2, -0.15) is 5.10 Å². The molecule has 0 aliphatic carbocycles. The second-order valence-electron chi connectivity index (χ2n) is 2.22. The van der Waals surface area contributed by atoms with Crippen molar-refractivity contribution >= 4 is 12.2 Å². The number of guanidine groups is 1. The molecule has 0 fully saturated rings. The van der Waals surface area contributed by atoms with Crippen LogP contribution in [0.4, 0.5) is 0 Å². The molecule has 8 nitrogen and oxygen atoms in total. The Kier molecular flexibility index (Phi) is 3.19. The van der Waals surface area contributed by atoms with E-state index < -0.39 is 5.03 Å². The summed E-state index contributed by atoms with van der Waals surface area (Å²) in [6, 6.07) is 3.54. The van der Waals surface area contributed by atoms with Crippen LogP contribution in [0, 0.1) is 10.1 Å². The van der Waals surface area contributed by atoms with Gasteiger partial charge in [-0.15, -0.1) is 5.10 Å². The molecule has 0 unspecified atom stereocenters. The molecule has 0 saturated carbocycles. The van der Waals surface area contributed by atoms with E-state index in [1.165, 1.54) is 6.21 Å². The Labute approximate surface area is 78.6 Å². The van der Waals surface area contributed by atoms with Crippen LogP contribution in [0.15, 0.2) is 28.5 Å². The summed E-state index contributed by atoms with van der Waals surface area (Å²) in [6.45, 7) is 0. The molecule has 4 N–H and O–H groups in total. The molecule has 0 aromatic carbocycles. The van der Waals surface area contributed by atoms with Crippen molar-refractivity contribution in [1.82, 2.24) is 10.4 Å². The Balaban J connectivity index is 2.49. The highest BCUT2D eigenvalue weighted by molar-refractivity contribution is 5.80. The third kappa shape index (κ3) is 3.34. The second kappa shape index (κ2) is 4.60. The SMILES string of the molecule is NC(=N/N=C\c1ccc[nH]1)N[N+](=O)[O-]. The lowest BCUT2D eigenvalue weighted by atomic mass is 10.5. The van der Waals surface area contributed by atoms with Crippen LogP contribution in [-0.2, 0) is 0 Å². The number of nitrogens with one attached hydrogen (secondary N) is 2. The van der Waals surface area contributed by atoms with E-state index in [4.69, 9.17) is 5.73 Å². The fraction of sp³-hybridized carbons (Fsp3) is 0. The maximum absolute atomic E-state index is 9.88. The van der Waals surface area contributed by atoms with Crippen molar-refractivity contribution in [1.29, 1.82) is 0 Å². The van der Waals surface area contributed by atoms with Gasteiger partial charge in [0.25, 0.3) is 5.96 Å². The molecule has 0 atom stereocenters. The van der Waals surface area contributed by atoms with Gasteiger partial charge in [-0.1, -0.05) is 5.43 Å². The van der Waals surface area contributed by atoms with Crippen molar-refractivity contribution in [2.45, 2.75) is 0 Å². The Morgan fingerprint density at radius 3 is 3.14 bits per heavy atom. The lowest BCUT2D eigenvalue weighted by Gasteiger charge is -1.90. The van der Waals surface area contributed by atoms with Gasteiger partial charge >= 0.3 is 0 Å². The highest BCUT2D eigenvalue weighted by atomic mass is 16.7. The molecule has 1 aromatic heterocycles. The van der Waals surface area contributed by atoms with Crippen LogP contribution < -0.4 is 11.2 Å². The predicted molar refractivity (Wildman–Crippen MR) is 50.1 cm³/mol. The van der Waals surface area contributed by atoms with Crippen molar-refractivity contribution in [2.24, 2.45) is 15.9 Å². The first-order valence-electron chi connectivity index (χ1n) is 3.59. The second-order valence-corrected chi connectivity index (χ2v) is 2.22. The van der Waals surface area contributed by atoms with E-state index in [0.717, 1.165) is 5.69 Å². The average Bonchev–Trinajstić information content (AvgIpc) is 2.55. The average molecular weight is 196 g/mol. The first kappa shape index (κ1) is 9.71. The van der Waals surface area contributed by atoms with E-state index in [1.54, 1.807) is 23.8 Å². The standard InChI is InChI=1S/C6H8N6O2/c7-6(11-12(13)14)10-9-4-5-2-1-3-8-5/h1-4,8H,(H3,7,10,11)/b9-4-. The number of H-pyrrole nitrogens is 1. The van der Waals surface area contributed by atoms with Crippen LogP contribution in [0.3, 0.4) is 0 Å². The summed E-state index contributed by atoms with van der Waals surface area (Å²) in [5.74, 6) is -0.377. The van der Waals surface area contributed by atoms with Gasteiger partial charge in [-0.05, 0) is 12.1 Å². The number of nitro groups is 1. The number of hydrogen-bond acceptors (Lipinski definition) is 4. The molecule has 0 aliphatic heterocycles. The van der Waals surface area contributed by atoms with E-state index in [1.807, 2.05) is 0 Å². The number of aromatic nitrogens is 1.